The van der Waals surface area contributed by atoms with E-state index in [1.54, 1.807) is 0 Å². The highest BCUT2D eigenvalue weighted by molar-refractivity contribution is 5.95. The summed E-state index contributed by atoms with van der Waals surface area (Å²) in [6.45, 7) is 2.11. The van der Waals surface area contributed by atoms with Gasteiger partial charge >= 0.3 is 0 Å². The van der Waals surface area contributed by atoms with Crippen molar-refractivity contribution in [3.63, 3.8) is 0 Å². The topological polar surface area (TPSA) is 38.8 Å². The highest BCUT2D eigenvalue weighted by atomic mass is 16.7. The molecule has 2 unspecified atom stereocenters. The number of hydrogen-bond donors (Lipinski definition) is 0. The van der Waals surface area contributed by atoms with Crippen LogP contribution in [0, 0.1) is 11.8 Å². The third-order valence-corrected chi connectivity index (χ3v) is 4.88. The first-order valence-corrected chi connectivity index (χ1v) is 7.50. The Morgan fingerprint density at radius 1 is 1.05 bits per heavy atom. The van der Waals surface area contributed by atoms with Crippen molar-refractivity contribution in [2.45, 2.75) is 25.7 Å². The number of fused-ring (bicyclic) bond motifs is 2. The summed E-state index contributed by atoms with van der Waals surface area (Å²) in [6, 6.07) is 5.49. The Kier molecular flexibility index (Phi) is 2.83. The van der Waals surface area contributed by atoms with Gasteiger partial charge in [0.2, 0.25) is 6.79 Å². The highest BCUT2D eigenvalue weighted by Gasteiger charge is 2.36. The molecular weight excluding hydrogens is 254 g/mol. The van der Waals surface area contributed by atoms with E-state index in [0.717, 1.165) is 30.7 Å². The average Bonchev–Trinajstić information content (AvgIpc) is 3.11. The van der Waals surface area contributed by atoms with Gasteiger partial charge in [-0.05, 0) is 42.9 Å². The minimum Gasteiger partial charge on any atom is -0.454 e. The Morgan fingerprint density at radius 2 is 1.75 bits per heavy atom. The number of hydrogen-bond acceptors (Lipinski definition) is 3. The maximum absolute atomic E-state index is 12.6. The van der Waals surface area contributed by atoms with Crippen LogP contribution in [0.25, 0.3) is 0 Å². The van der Waals surface area contributed by atoms with E-state index < -0.39 is 0 Å². The maximum Gasteiger partial charge on any atom is 0.254 e. The molecule has 0 radical (unpaired) electrons. The molecule has 0 spiro atoms. The molecule has 4 heteroatoms. The monoisotopic (exact) mass is 273 g/mol. The summed E-state index contributed by atoms with van der Waals surface area (Å²) >= 11 is 0. The number of rotatable bonds is 1. The zero-order valence-electron chi connectivity index (χ0n) is 11.5. The lowest BCUT2D eigenvalue weighted by Crippen LogP contribution is -2.28. The van der Waals surface area contributed by atoms with Gasteiger partial charge in [0.15, 0.2) is 11.5 Å². The second-order valence-corrected chi connectivity index (χ2v) is 6.08. The third-order valence-electron chi connectivity index (χ3n) is 4.88. The summed E-state index contributed by atoms with van der Waals surface area (Å²) in [7, 11) is 0. The van der Waals surface area contributed by atoms with Gasteiger partial charge in [0.1, 0.15) is 0 Å². The number of carbonyl (C=O) groups excluding carboxylic acids is 1. The van der Waals surface area contributed by atoms with Gasteiger partial charge < -0.3 is 14.4 Å². The molecule has 2 fully saturated rings. The zero-order chi connectivity index (χ0) is 13.5. The summed E-state index contributed by atoms with van der Waals surface area (Å²) in [5.74, 6) is 3.00. The largest absolute Gasteiger partial charge is 0.454 e. The molecule has 0 bridgehead atoms. The summed E-state index contributed by atoms with van der Waals surface area (Å²) in [6.07, 6.45) is 5.23. The number of benzene rings is 1. The first-order chi connectivity index (χ1) is 9.81. The quantitative estimate of drug-likeness (QED) is 0.789. The van der Waals surface area contributed by atoms with Crippen LogP contribution in [0.2, 0.25) is 0 Å². The second-order valence-electron chi connectivity index (χ2n) is 6.08. The van der Waals surface area contributed by atoms with Crippen molar-refractivity contribution in [2.24, 2.45) is 11.8 Å². The molecule has 3 aliphatic rings. The molecule has 106 valence electrons. The summed E-state index contributed by atoms with van der Waals surface area (Å²) in [4.78, 5) is 14.6. The molecule has 2 atom stereocenters. The van der Waals surface area contributed by atoms with Crippen molar-refractivity contribution in [3.05, 3.63) is 23.8 Å². The fourth-order valence-corrected chi connectivity index (χ4v) is 3.78. The molecule has 1 saturated carbocycles. The molecule has 2 heterocycles. The van der Waals surface area contributed by atoms with Crippen LogP contribution in [0.1, 0.15) is 36.0 Å². The van der Waals surface area contributed by atoms with Crippen molar-refractivity contribution < 1.29 is 14.3 Å². The van der Waals surface area contributed by atoms with Crippen LogP contribution in [0.3, 0.4) is 0 Å². The summed E-state index contributed by atoms with van der Waals surface area (Å²) < 4.78 is 10.6. The Bertz CT molecular complexity index is 529. The first kappa shape index (κ1) is 12.1. The van der Waals surface area contributed by atoms with E-state index in [4.69, 9.17) is 9.47 Å². The van der Waals surface area contributed by atoms with Crippen molar-refractivity contribution in [2.75, 3.05) is 19.9 Å². The molecule has 0 aromatic heterocycles. The van der Waals surface area contributed by atoms with Gasteiger partial charge in [-0.15, -0.1) is 0 Å². The van der Waals surface area contributed by atoms with Gasteiger partial charge in [0, 0.05) is 18.7 Å². The third kappa shape index (κ3) is 1.94. The molecule has 1 saturated heterocycles. The van der Waals surface area contributed by atoms with Crippen LogP contribution in [-0.2, 0) is 0 Å². The number of likely N-dealkylation sites (tertiary alicyclic amines) is 1. The second kappa shape index (κ2) is 4.69. The minimum absolute atomic E-state index is 0.137. The molecule has 1 aromatic carbocycles. The first-order valence-electron chi connectivity index (χ1n) is 7.50. The van der Waals surface area contributed by atoms with Crippen LogP contribution in [0.15, 0.2) is 18.2 Å². The predicted octanol–water partition coefficient (Wildman–Crippen LogP) is 2.68. The molecule has 20 heavy (non-hydrogen) atoms. The van der Waals surface area contributed by atoms with E-state index in [-0.39, 0.29) is 12.7 Å². The lowest BCUT2D eigenvalue weighted by molar-refractivity contribution is 0.0783. The Balaban J connectivity index is 1.53. The SMILES string of the molecule is O=C(c1ccc2c(c1)OCO2)N1CC2CCCCC2C1. The maximum atomic E-state index is 12.6. The van der Waals surface area contributed by atoms with E-state index in [9.17, 15) is 4.79 Å². The van der Waals surface area contributed by atoms with Crippen LogP contribution in [0.5, 0.6) is 11.5 Å². The Hall–Kier alpha value is -1.71. The van der Waals surface area contributed by atoms with E-state index in [1.165, 1.54) is 25.7 Å². The smallest absolute Gasteiger partial charge is 0.254 e. The predicted molar refractivity (Wildman–Crippen MR) is 73.9 cm³/mol. The zero-order valence-corrected chi connectivity index (χ0v) is 11.5. The van der Waals surface area contributed by atoms with Gasteiger partial charge in [0.25, 0.3) is 5.91 Å². The number of ether oxygens (including phenoxy) is 2. The van der Waals surface area contributed by atoms with Crippen LogP contribution >= 0.6 is 0 Å². The molecule has 4 rings (SSSR count). The molecule has 4 nitrogen and oxygen atoms in total. The van der Waals surface area contributed by atoms with Crippen LogP contribution < -0.4 is 9.47 Å². The van der Waals surface area contributed by atoms with E-state index in [1.807, 2.05) is 23.1 Å². The molecule has 2 aliphatic heterocycles. The summed E-state index contributed by atoms with van der Waals surface area (Å²) in [5.41, 5.74) is 0.716. The number of amides is 1. The lowest BCUT2D eigenvalue weighted by atomic mass is 9.82. The highest BCUT2D eigenvalue weighted by Crippen LogP contribution is 2.37. The molecule has 1 aromatic rings. The lowest BCUT2D eigenvalue weighted by Gasteiger charge is -2.22. The van der Waals surface area contributed by atoms with Gasteiger partial charge in [0.05, 0.1) is 0 Å². The van der Waals surface area contributed by atoms with E-state index in [0.29, 0.717) is 11.3 Å². The van der Waals surface area contributed by atoms with Crippen molar-refractivity contribution in [1.29, 1.82) is 0 Å². The fourth-order valence-electron chi connectivity index (χ4n) is 3.78. The van der Waals surface area contributed by atoms with Gasteiger partial charge in [-0.3, -0.25) is 4.79 Å². The molecular formula is C16H19NO3. The van der Waals surface area contributed by atoms with E-state index in [2.05, 4.69) is 0 Å². The Labute approximate surface area is 118 Å². The molecule has 0 N–H and O–H groups in total. The van der Waals surface area contributed by atoms with Gasteiger partial charge in [-0.2, -0.15) is 0 Å². The van der Waals surface area contributed by atoms with E-state index >= 15 is 0 Å². The standard InChI is InChI=1S/C16H19NO3/c18-16(11-5-6-14-15(7-11)20-10-19-14)17-8-12-3-1-2-4-13(12)9-17/h5-7,12-13H,1-4,8-10H2. The van der Waals surface area contributed by atoms with Gasteiger partial charge in [-0.1, -0.05) is 12.8 Å². The normalized spacial score (nSPS) is 27.5. The minimum atomic E-state index is 0.137. The Morgan fingerprint density at radius 3 is 2.50 bits per heavy atom. The van der Waals surface area contributed by atoms with Crippen LogP contribution in [-0.4, -0.2) is 30.7 Å². The van der Waals surface area contributed by atoms with Crippen molar-refractivity contribution in [1.82, 2.24) is 4.90 Å². The van der Waals surface area contributed by atoms with Gasteiger partial charge in [-0.25, -0.2) is 0 Å². The number of nitrogens with zero attached hydrogens (tertiary/aromatic N) is 1. The van der Waals surface area contributed by atoms with Crippen LogP contribution in [0.4, 0.5) is 0 Å². The van der Waals surface area contributed by atoms with Crippen molar-refractivity contribution in [3.8, 4) is 11.5 Å². The van der Waals surface area contributed by atoms with Crippen molar-refractivity contribution >= 4 is 5.91 Å². The summed E-state index contributed by atoms with van der Waals surface area (Å²) in [5, 5.41) is 0. The average molecular weight is 273 g/mol. The molecule has 1 amide bonds. The fraction of sp³-hybridized carbons (Fsp3) is 0.562. The molecule has 1 aliphatic carbocycles. The number of carbonyl (C=O) groups is 1.